The van der Waals surface area contributed by atoms with Crippen LogP contribution in [0.3, 0.4) is 0 Å². The number of benzene rings is 1. The summed E-state index contributed by atoms with van der Waals surface area (Å²) in [6.07, 6.45) is 4.99. The van der Waals surface area contributed by atoms with Crippen molar-refractivity contribution in [2.45, 2.75) is 25.7 Å². The number of carbonyl (C=O) groups excluding carboxylic acids is 1. The molecule has 0 aliphatic heterocycles. The number of carbonyl (C=O) groups is 1. The summed E-state index contributed by atoms with van der Waals surface area (Å²) in [5, 5.41) is 6.54. The average Bonchev–Trinajstić information content (AvgIpc) is 2.84. The molecule has 1 aliphatic rings. The van der Waals surface area contributed by atoms with Crippen molar-refractivity contribution in [3.63, 3.8) is 0 Å². The van der Waals surface area contributed by atoms with Gasteiger partial charge in [0.15, 0.2) is 0 Å². The maximum absolute atomic E-state index is 11.7. The van der Waals surface area contributed by atoms with Crippen molar-refractivity contribution in [2.24, 2.45) is 5.92 Å². The zero-order valence-electron chi connectivity index (χ0n) is 10.0. The van der Waals surface area contributed by atoms with Gasteiger partial charge in [-0.2, -0.15) is 0 Å². The molecule has 3 nitrogen and oxygen atoms in total. The normalized spacial score (nSPS) is 15.7. The second kappa shape index (κ2) is 6.30. The number of hydrogen-bond acceptors (Lipinski definition) is 1. The fourth-order valence-corrected chi connectivity index (χ4v) is 2.50. The van der Waals surface area contributed by atoms with Crippen molar-refractivity contribution < 1.29 is 4.79 Å². The summed E-state index contributed by atoms with van der Waals surface area (Å²) in [5.74, 6) is 0.629. The quantitative estimate of drug-likeness (QED) is 0.854. The summed E-state index contributed by atoms with van der Waals surface area (Å²) in [7, 11) is 0. The Morgan fingerprint density at radius 2 is 1.94 bits per heavy atom. The minimum absolute atomic E-state index is 0.194. The molecule has 0 heterocycles. The Hall–Kier alpha value is -0.930. The lowest BCUT2D eigenvalue weighted by Crippen LogP contribution is -2.32. The third-order valence-corrected chi connectivity index (χ3v) is 3.94. The zero-order valence-corrected chi connectivity index (χ0v) is 11.5. The van der Waals surface area contributed by atoms with E-state index in [-0.39, 0.29) is 6.03 Å². The Morgan fingerprint density at radius 1 is 1.22 bits per heavy atom. The number of halogens is 2. The molecule has 98 valence electrons. The predicted molar refractivity (Wildman–Crippen MR) is 75.4 cm³/mol. The molecule has 5 heteroatoms. The number of nitrogens with one attached hydrogen (secondary N) is 2. The zero-order chi connectivity index (χ0) is 13.0. The summed E-state index contributed by atoms with van der Waals surface area (Å²) in [6, 6.07) is 4.83. The summed E-state index contributed by atoms with van der Waals surface area (Å²) in [6.45, 7) is 0.743. The molecule has 0 atom stereocenters. The van der Waals surface area contributed by atoms with Crippen LogP contribution in [-0.2, 0) is 0 Å². The Bertz CT molecular complexity index is 431. The van der Waals surface area contributed by atoms with Crippen molar-refractivity contribution >= 4 is 34.9 Å². The second-order valence-corrected chi connectivity index (χ2v) is 5.43. The molecule has 1 saturated carbocycles. The van der Waals surface area contributed by atoms with Crippen LogP contribution < -0.4 is 10.6 Å². The molecule has 1 aromatic carbocycles. The van der Waals surface area contributed by atoms with Crippen LogP contribution in [0.4, 0.5) is 10.5 Å². The highest BCUT2D eigenvalue weighted by atomic mass is 35.5. The van der Waals surface area contributed by atoms with E-state index in [4.69, 9.17) is 23.2 Å². The monoisotopic (exact) mass is 286 g/mol. The Balaban J connectivity index is 1.80. The first-order chi connectivity index (χ1) is 8.65. The van der Waals surface area contributed by atoms with Gasteiger partial charge in [-0.25, -0.2) is 4.79 Å². The predicted octanol–water partition coefficient (Wildman–Crippen LogP) is 4.31. The number of amides is 2. The van der Waals surface area contributed by atoms with Gasteiger partial charge in [0.2, 0.25) is 0 Å². The molecule has 2 amide bonds. The minimum Gasteiger partial charge on any atom is -0.338 e. The molecule has 0 radical (unpaired) electrons. The van der Waals surface area contributed by atoms with Gasteiger partial charge in [-0.1, -0.05) is 36.0 Å². The maximum atomic E-state index is 11.7. The van der Waals surface area contributed by atoms with E-state index in [1.165, 1.54) is 25.7 Å². The van der Waals surface area contributed by atoms with E-state index >= 15 is 0 Å². The van der Waals surface area contributed by atoms with Gasteiger partial charge in [-0.05, 0) is 37.0 Å². The number of hydrogen-bond donors (Lipinski definition) is 2. The number of anilines is 1. The number of urea groups is 1. The van der Waals surface area contributed by atoms with Gasteiger partial charge >= 0.3 is 6.03 Å². The highest BCUT2D eigenvalue weighted by Crippen LogP contribution is 2.25. The van der Waals surface area contributed by atoms with E-state index in [9.17, 15) is 4.79 Å². The first-order valence-corrected chi connectivity index (χ1v) is 6.90. The lowest BCUT2D eigenvalue weighted by Gasteiger charge is -2.12. The van der Waals surface area contributed by atoms with E-state index in [0.717, 1.165) is 6.54 Å². The van der Waals surface area contributed by atoms with Crippen molar-refractivity contribution in [2.75, 3.05) is 11.9 Å². The van der Waals surface area contributed by atoms with Crippen LogP contribution >= 0.6 is 23.2 Å². The van der Waals surface area contributed by atoms with Crippen molar-refractivity contribution in [1.82, 2.24) is 5.32 Å². The molecule has 0 saturated heterocycles. The van der Waals surface area contributed by atoms with Crippen LogP contribution in [0.2, 0.25) is 10.0 Å². The standard InChI is InChI=1S/C13H16Cl2N2O/c14-11-6-5-10(7-12(11)15)17-13(18)16-8-9-3-1-2-4-9/h5-7,9H,1-4,8H2,(H2,16,17,18). The van der Waals surface area contributed by atoms with E-state index in [0.29, 0.717) is 21.7 Å². The van der Waals surface area contributed by atoms with Gasteiger partial charge in [0.1, 0.15) is 0 Å². The van der Waals surface area contributed by atoms with Crippen LogP contribution in [0.15, 0.2) is 18.2 Å². The van der Waals surface area contributed by atoms with Crippen LogP contribution in [-0.4, -0.2) is 12.6 Å². The average molecular weight is 287 g/mol. The lowest BCUT2D eigenvalue weighted by atomic mass is 10.1. The molecule has 1 fully saturated rings. The van der Waals surface area contributed by atoms with Gasteiger partial charge in [-0.15, -0.1) is 0 Å². The van der Waals surface area contributed by atoms with Crippen LogP contribution in [0, 0.1) is 5.92 Å². The van der Waals surface area contributed by atoms with E-state index < -0.39 is 0 Å². The van der Waals surface area contributed by atoms with Gasteiger partial charge in [0, 0.05) is 12.2 Å². The van der Waals surface area contributed by atoms with Gasteiger partial charge < -0.3 is 10.6 Å². The topological polar surface area (TPSA) is 41.1 Å². The van der Waals surface area contributed by atoms with Crippen molar-refractivity contribution in [3.05, 3.63) is 28.2 Å². The third kappa shape index (κ3) is 3.79. The summed E-state index contributed by atoms with van der Waals surface area (Å²) < 4.78 is 0. The molecule has 2 rings (SSSR count). The molecule has 0 aromatic heterocycles. The van der Waals surface area contributed by atoms with Gasteiger partial charge in [0.05, 0.1) is 10.0 Å². The summed E-state index contributed by atoms with van der Waals surface area (Å²) in [4.78, 5) is 11.7. The molecule has 0 spiro atoms. The fraction of sp³-hybridized carbons (Fsp3) is 0.462. The highest BCUT2D eigenvalue weighted by Gasteiger charge is 2.15. The van der Waals surface area contributed by atoms with Crippen molar-refractivity contribution in [3.8, 4) is 0 Å². The molecular weight excluding hydrogens is 271 g/mol. The smallest absolute Gasteiger partial charge is 0.319 e. The van der Waals surface area contributed by atoms with E-state index in [1.807, 2.05) is 0 Å². The molecule has 2 N–H and O–H groups in total. The molecule has 1 aromatic rings. The highest BCUT2D eigenvalue weighted by molar-refractivity contribution is 6.42. The van der Waals surface area contributed by atoms with Gasteiger partial charge in [-0.3, -0.25) is 0 Å². The van der Waals surface area contributed by atoms with Crippen LogP contribution in [0.25, 0.3) is 0 Å². The first kappa shape index (κ1) is 13.5. The molecule has 18 heavy (non-hydrogen) atoms. The molecular formula is C13H16Cl2N2O. The van der Waals surface area contributed by atoms with E-state index in [1.54, 1.807) is 18.2 Å². The fourth-order valence-electron chi connectivity index (χ4n) is 2.20. The first-order valence-electron chi connectivity index (χ1n) is 6.15. The second-order valence-electron chi connectivity index (χ2n) is 4.61. The third-order valence-electron chi connectivity index (χ3n) is 3.20. The van der Waals surface area contributed by atoms with Gasteiger partial charge in [0.25, 0.3) is 0 Å². The maximum Gasteiger partial charge on any atom is 0.319 e. The Morgan fingerprint density at radius 3 is 2.61 bits per heavy atom. The Labute approximate surface area is 117 Å². The summed E-state index contributed by atoms with van der Waals surface area (Å²) >= 11 is 11.7. The van der Waals surface area contributed by atoms with Crippen LogP contribution in [0.1, 0.15) is 25.7 Å². The minimum atomic E-state index is -0.194. The lowest BCUT2D eigenvalue weighted by molar-refractivity contribution is 0.250. The Kier molecular flexibility index (Phi) is 4.72. The summed E-state index contributed by atoms with van der Waals surface area (Å²) in [5.41, 5.74) is 0.647. The molecule has 0 bridgehead atoms. The molecule has 1 aliphatic carbocycles. The van der Waals surface area contributed by atoms with Crippen LogP contribution in [0.5, 0.6) is 0 Å². The number of rotatable bonds is 3. The van der Waals surface area contributed by atoms with E-state index in [2.05, 4.69) is 10.6 Å². The SMILES string of the molecule is O=C(NCC1CCCC1)Nc1ccc(Cl)c(Cl)c1. The molecule has 0 unspecified atom stereocenters. The largest absolute Gasteiger partial charge is 0.338 e. The van der Waals surface area contributed by atoms with Crippen molar-refractivity contribution in [1.29, 1.82) is 0 Å².